The van der Waals surface area contributed by atoms with Gasteiger partial charge in [-0.2, -0.15) is 0 Å². The SMILES string of the molecule is Cc1cccc(CC2(N)N=C(N)c3ccccc3N2)c1F. The Bertz CT molecular complexity index is 726. The molecule has 0 radical (unpaired) electrons. The molecule has 3 rings (SSSR count). The van der Waals surface area contributed by atoms with E-state index in [1.165, 1.54) is 0 Å². The van der Waals surface area contributed by atoms with Crippen molar-refractivity contribution < 1.29 is 4.39 Å². The maximum Gasteiger partial charge on any atom is 0.188 e. The molecule has 0 saturated carbocycles. The van der Waals surface area contributed by atoms with Gasteiger partial charge in [0.1, 0.15) is 11.7 Å². The maximum absolute atomic E-state index is 14.2. The lowest BCUT2D eigenvalue weighted by molar-refractivity contribution is 0.485. The second-order valence-corrected chi connectivity index (χ2v) is 5.32. The first-order valence-corrected chi connectivity index (χ1v) is 6.74. The first-order chi connectivity index (χ1) is 9.98. The van der Waals surface area contributed by atoms with Gasteiger partial charge in [-0.15, -0.1) is 0 Å². The fraction of sp³-hybridized carbons (Fsp3) is 0.188. The number of para-hydroxylation sites is 1. The minimum Gasteiger partial charge on any atom is -0.383 e. The Hall–Kier alpha value is -2.40. The fourth-order valence-electron chi connectivity index (χ4n) is 2.57. The number of hydrogen-bond acceptors (Lipinski definition) is 4. The molecule has 0 saturated heterocycles. The molecule has 0 amide bonds. The number of aliphatic imine (C=N–C) groups is 1. The molecule has 1 heterocycles. The van der Waals surface area contributed by atoms with Crippen LogP contribution >= 0.6 is 0 Å². The Morgan fingerprint density at radius 1 is 1.19 bits per heavy atom. The minimum absolute atomic E-state index is 0.218. The van der Waals surface area contributed by atoms with E-state index in [1.54, 1.807) is 25.1 Å². The van der Waals surface area contributed by atoms with Gasteiger partial charge in [0, 0.05) is 17.7 Å². The first kappa shape index (κ1) is 13.6. The second-order valence-electron chi connectivity index (χ2n) is 5.32. The van der Waals surface area contributed by atoms with E-state index in [0.29, 0.717) is 17.0 Å². The summed E-state index contributed by atoms with van der Waals surface area (Å²) >= 11 is 0. The summed E-state index contributed by atoms with van der Waals surface area (Å²) in [5.74, 6) is -1.04. The van der Waals surface area contributed by atoms with Gasteiger partial charge < -0.3 is 11.1 Å². The van der Waals surface area contributed by atoms with Crippen molar-refractivity contribution in [1.82, 2.24) is 0 Å². The van der Waals surface area contributed by atoms with Gasteiger partial charge in [-0.05, 0) is 30.2 Å². The molecule has 2 aromatic rings. The summed E-state index contributed by atoms with van der Waals surface area (Å²) in [4.78, 5) is 4.32. The van der Waals surface area contributed by atoms with Crippen LogP contribution in [-0.4, -0.2) is 11.6 Å². The number of nitrogens with zero attached hydrogens (tertiary/aromatic N) is 1. The predicted octanol–water partition coefficient (Wildman–Crippen LogP) is 2.12. The van der Waals surface area contributed by atoms with Gasteiger partial charge in [0.15, 0.2) is 5.79 Å². The Morgan fingerprint density at radius 2 is 1.95 bits per heavy atom. The van der Waals surface area contributed by atoms with Crippen molar-refractivity contribution in [2.45, 2.75) is 19.1 Å². The van der Waals surface area contributed by atoms with Gasteiger partial charge >= 0.3 is 0 Å². The van der Waals surface area contributed by atoms with Crippen LogP contribution in [0.4, 0.5) is 10.1 Å². The van der Waals surface area contributed by atoms with Crippen LogP contribution in [0.15, 0.2) is 47.5 Å². The van der Waals surface area contributed by atoms with Crippen LogP contribution in [0.5, 0.6) is 0 Å². The van der Waals surface area contributed by atoms with Gasteiger partial charge in [-0.1, -0.05) is 30.3 Å². The summed E-state index contributed by atoms with van der Waals surface area (Å²) in [5.41, 5.74) is 15.0. The largest absolute Gasteiger partial charge is 0.383 e. The van der Waals surface area contributed by atoms with Crippen LogP contribution in [0.3, 0.4) is 0 Å². The van der Waals surface area contributed by atoms with Gasteiger partial charge in [-0.25, -0.2) is 9.38 Å². The number of rotatable bonds is 2. The zero-order valence-corrected chi connectivity index (χ0v) is 11.7. The molecule has 5 heteroatoms. The summed E-state index contributed by atoms with van der Waals surface area (Å²) < 4.78 is 14.2. The van der Waals surface area contributed by atoms with Crippen molar-refractivity contribution in [3.05, 3.63) is 65.0 Å². The molecule has 5 N–H and O–H groups in total. The van der Waals surface area contributed by atoms with E-state index >= 15 is 0 Å². The molecule has 4 nitrogen and oxygen atoms in total. The van der Waals surface area contributed by atoms with Crippen molar-refractivity contribution in [1.29, 1.82) is 0 Å². The summed E-state index contributed by atoms with van der Waals surface area (Å²) in [6, 6.07) is 12.8. The summed E-state index contributed by atoms with van der Waals surface area (Å²) in [7, 11) is 0. The quantitative estimate of drug-likeness (QED) is 0.790. The molecule has 21 heavy (non-hydrogen) atoms. The van der Waals surface area contributed by atoms with Crippen molar-refractivity contribution in [2.24, 2.45) is 16.5 Å². The highest BCUT2D eigenvalue weighted by atomic mass is 19.1. The number of halogens is 1. The number of hydrogen-bond donors (Lipinski definition) is 3. The van der Waals surface area contributed by atoms with Gasteiger partial charge in [0.2, 0.25) is 0 Å². The Balaban J connectivity index is 1.97. The number of nitrogens with two attached hydrogens (primary N) is 2. The molecule has 0 aliphatic carbocycles. The smallest absolute Gasteiger partial charge is 0.188 e. The zero-order valence-electron chi connectivity index (χ0n) is 11.7. The highest BCUT2D eigenvalue weighted by Crippen LogP contribution is 2.27. The van der Waals surface area contributed by atoms with E-state index in [2.05, 4.69) is 10.3 Å². The lowest BCUT2D eigenvalue weighted by Crippen LogP contribution is -2.52. The molecule has 0 fully saturated rings. The van der Waals surface area contributed by atoms with Gasteiger partial charge in [0.25, 0.3) is 0 Å². The second kappa shape index (κ2) is 4.86. The third-order valence-corrected chi connectivity index (χ3v) is 3.61. The Labute approximate surface area is 122 Å². The number of anilines is 1. The van der Waals surface area contributed by atoms with Crippen LogP contribution in [0.25, 0.3) is 0 Å². The average molecular weight is 284 g/mol. The van der Waals surface area contributed by atoms with Crippen LogP contribution in [-0.2, 0) is 6.42 Å². The highest BCUT2D eigenvalue weighted by Gasteiger charge is 2.31. The van der Waals surface area contributed by atoms with Gasteiger partial charge in [0.05, 0.1) is 0 Å². The number of fused-ring (bicyclic) bond motifs is 1. The highest BCUT2D eigenvalue weighted by molar-refractivity contribution is 6.04. The topological polar surface area (TPSA) is 76.4 Å². The molecule has 0 aromatic heterocycles. The molecule has 1 aliphatic rings. The molecule has 0 bridgehead atoms. The molecular formula is C16H17FN4. The van der Waals surface area contributed by atoms with E-state index in [4.69, 9.17) is 11.5 Å². The summed E-state index contributed by atoms with van der Waals surface area (Å²) in [6.45, 7) is 1.73. The van der Waals surface area contributed by atoms with E-state index in [1.807, 2.05) is 24.3 Å². The third-order valence-electron chi connectivity index (χ3n) is 3.61. The van der Waals surface area contributed by atoms with Crippen LogP contribution in [0.2, 0.25) is 0 Å². The fourth-order valence-corrected chi connectivity index (χ4v) is 2.57. The van der Waals surface area contributed by atoms with E-state index in [-0.39, 0.29) is 12.2 Å². The molecule has 1 unspecified atom stereocenters. The first-order valence-electron chi connectivity index (χ1n) is 6.74. The summed E-state index contributed by atoms with van der Waals surface area (Å²) in [6.07, 6.45) is 0.218. The zero-order chi connectivity index (χ0) is 15.0. The standard InChI is InChI=1S/C16H17FN4/c1-10-5-4-6-11(14(10)17)9-16(19)20-13-8-3-2-7-12(13)15(18)21-16/h2-8,20H,9,19H2,1H3,(H2,18,21). The van der Waals surface area contributed by atoms with Crippen molar-refractivity contribution in [3.8, 4) is 0 Å². The van der Waals surface area contributed by atoms with Crippen molar-refractivity contribution >= 4 is 11.5 Å². The van der Waals surface area contributed by atoms with Crippen LogP contribution in [0, 0.1) is 12.7 Å². The molecule has 108 valence electrons. The number of nitrogens with one attached hydrogen (secondary N) is 1. The van der Waals surface area contributed by atoms with E-state index < -0.39 is 5.79 Å². The maximum atomic E-state index is 14.2. The van der Waals surface area contributed by atoms with Gasteiger partial charge in [-0.3, -0.25) is 5.73 Å². The molecular weight excluding hydrogens is 267 g/mol. The normalized spacial score (nSPS) is 20.4. The van der Waals surface area contributed by atoms with Crippen LogP contribution in [0.1, 0.15) is 16.7 Å². The number of aryl methyl sites for hydroxylation is 1. The lowest BCUT2D eigenvalue weighted by Gasteiger charge is -2.33. The molecule has 2 aromatic carbocycles. The van der Waals surface area contributed by atoms with Crippen molar-refractivity contribution in [3.63, 3.8) is 0 Å². The van der Waals surface area contributed by atoms with Crippen molar-refractivity contribution in [2.75, 3.05) is 5.32 Å². The molecule has 1 atom stereocenters. The minimum atomic E-state index is -1.15. The average Bonchev–Trinajstić information content (AvgIpc) is 2.43. The van der Waals surface area contributed by atoms with E-state index in [0.717, 1.165) is 11.3 Å². The third kappa shape index (κ3) is 2.48. The predicted molar refractivity (Wildman–Crippen MR) is 82.5 cm³/mol. The number of benzene rings is 2. The lowest BCUT2D eigenvalue weighted by atomic mass is 10.0. The van der Waals surface area contributed by atoms with E-state index in [9.17, 15) is 4.39 Å². The van der Waals surface area contributed by atoms with Crippen LogP contribution < -0.4 is 16.8 Å². The monoisotopic (exact) mass is 284 g/mol. The molecule has 1 aliphatic heterocycles. The Kier molecular flexibility index (Phi) is 3.14. The Morgan fingerprint density at radius 3 is 2.76 bits per heavy atom. The molecule has 0 spiro atoms. The summed E-state index contributed by atoms with van der Waals surface area (Å²) in [5, 5.41) is 3.14. The number of amidine groups is 1.